The highest BCUT2D eigenvalue weighted by atomic mass is 35.5. The molecular formula is C12H16ClFN2O2S. The maximum Gasteiger partial charge on any atom is 0.236 e. The molecule has 1 atom stereocenters. The van der Waals surface area contributed by atoms with Crippen molar-refractivity contribution in [2.24, 2.45) is 0 Å². The Balaban J connectivity index is 2.04. The number of benzene rings is 1. The summed E-state index contributed by atoms with van der Waals surface area (Å²) in [5.74, 6) is -0.755. The van der Waals surface area contributed by atoms with E-state index in [9.17, 15) is 12.8 Å². The maximum absolute atomic E-state index is 13.6. The van der Waals surface area contributed by atoms with Gasteiger partial charge in [0.1, 0.15) is 0 Å². The monoisotopic (exact) mass is 306 g/mol. The molecule has 0 radical (unpaired) electrons. The summed E-state index contributed by atoms with van der Waals surface area (Å²) < 4.78 is 40.0. The van der Waals surface area contributed by atoms with Gasteiger partial charge in [0, 0.05) is 12.6 Å². The van der Waals surface area contributed by atoms with Crippen LogP contribution in [0.1, 0.15) is 19.8 Å². The minimum absolute atomic E-state index is 0.107. The van der Waals surface area contributed by atoms with Crippen LogP contribution in [0.2, 0.25) is 5.02 Å². The van der Waals surface area contributed by atoms with Crippen molar-refractivity contribution in [2.45, 2.75) is 31.1 Å². The summed E-state index contributed by atoms with van der Waals surface area (Å²) in [6.45, 7) is 1.93. The summed E-state index contributed by atoms with van der Waals surface area (Å²) in [7, 11) is -3.63. The van der Waals surface area contributed by atoms with Crippen molar-refractivity contribution in [3.63, 3.8) is 0 Å². The topological polar surface area (TPSA) is 58.2 Å². The number of hydrogen-bond donors (Lipinski definition) is 2. The maximum atomic E-state index is 13.6. The molecule has 1 aliphatic rings. The van der Waals surface area contributed by atoms with Gasteiger partial charge in [0.05, 0.1) is 16.0 Å². The van der Waals surface area contributed by atoms with Crippen LogP contribution in [-0.4, -0.2) is 26.3 Å². The lowest BCUT2D eigenvalue weighted by atomic mass is 10.3. The van der Waals surface area contributed by atoms with Crippen molar-refractivity contribution in [1.82, 2.24) is 5.32 Å². The van der Waals surface area contributed by atoms with Crippen molar-refractivity contribution in [3.05, 3.63) is 29.0 Å². The Labute approximate surface area is 117 Å². The molecule has 0 bridgehead atoms. The highest BCUT2D eigenvalue weighted by Crippen LogP contribution is 2.24. The van der Waals surface area contributed by atoms with E-state index >= 15 is 0 Å². The van der Waals surface area contributed by atoms with E-state index in [0.29, 0.717) is 12.6 Å². The first-order valence-corrected chi connectivity index (χ1v) is 8.01. The minimum atomic E-state index is -3.63. The van der Waals surface area contributed by atoms with Gasteiger partial charge in [-0.05, 0) is 31.9 Å². The molecule has 1 fully saturated rings. The zero-order valence-corrected chi connectivity index (χ0v) is 12.1. The Morgan fingerprint density at radius 2 is 2.16 bits per heavy atom. The molecule has 19 heavy (non-hydrogen) atoms. The van der Waals surface area contributed by atoms with Gasteiger partial charge < -0.3 is 5.32 Å². The van der Waals surface area contributed by atoms with Gasteiger partial charge in [-0.2, -0.15) is 0 Å². The molecular weight excluding hydrogens is 291 g/mol. The van der Waals surface area contributed by atoms with E-state index in [2.05, 4.69) is 10.0 Å². The average molecular weight is 307 g/mol. The Hall–Kier alpha value is -0.850. The second kappa shape index (κ2) is 5.64. The summed E-state index contributed by atoms with van der Waals surface area (Å²) in [4.78, 5) is 0. The normalized spacial score (nSPS) is 17.2. The van der Waals surface area contributed by atoms with E-state index in [4.69, 9.17) is 11.6 Å². The number of hydrogen-bond acceptors (Lipinski definition) is 3. The molecule has 106 valence electrons. The van der Waals surface area contributed by atoms with E-state index in [1.54, 1.807) is 6.92 Å². The zero-order valence-electron chi connectivity index (χ0n) is 10.5. The van der Waals surface area contributed by atoms with Gasteiger partial charge in [-0.1, -0.05) is 17.7 Å². The van der Waals surface area contributed by atoms with Crippen molar-refractivity contribution in [3.8, 4) is 0 Å². The highest BCUT2D eigenvalue weighted by molar-refractivity contribution is 7.93. The molecule has 0 aromatic heterocycles. The first kappa shape index (κ1) is 14.6. The van der Waals surface area contributed by atoms with Crippen LogP contribution in [0.25, 0.3) is 0 Å². The van der Waals surface area contributed by atoms with Gasteiger partial charge in [-0.25, -0.2) is 12.8 Å². The Morgan fingerprint density at radius 3 is 2.79 bits per heavy atom. The van der Waals surface area contributed by atoms with Gasteiger partial charge in [0.2, 0.25) is 10.0 Å². The lowest BCUT2D eigenvalue weighted by Crippen LogP contribution is -2.35. The first-order valence-electron chi connectivity index (χ1n) is 6.09. The van der Waals surface area contributed by atoms with Crippen molar-refractivity contribution in [1.29, 1.82) is 0 Å². The van der Waals surface area contributed by atoms with E-state index < -0.39 is 21.1 Å². The number of anilines is 1. The standard InChI is InChI=1S/C12H16ClFN2O2S/c1-8(7-15-9-5-6-9)19(17,18)16-11-4-2-3-10(13)12(11)14/h2-4,8-9,15-16H,5-7H2,1H3. The minimum Gasteiger partial charge on any atom is -0.313 e. The second-order valence-electron chi connectivity index (χ2n) is 4.74. The smallest absolute Gasteiger partial charge is 0.236 e. The van der Waals surface area contributed by atoms with Crippen molar-refractivity contribution >= 4 is 27.3 Å². The summed E-state index contributed by atoms with van der Waals surface area (Å²) in [6, 6.07) is 4.64. The van der Waals surface area contributed by atoms with Crippen LogP contribution in [-0.2, 0) is 10.0 Å². The zero-order chi connectivity index (χ0) is 14.0. The molecule has 1 aliphatic carbocycles. The summed E-state index contributed by atoms with van der Waals surface area (Å²) in [5, 5.41) is 2.38. The molecule has 0 spiro atoms. The largest absolute Gasteiger partial charge is 0.313 e. The molecule has 0 aliphatic heterocycles. The predicted molar refractivity (Wildman–Crippen MR) is 74.4 cm³/mol. The van der Waals surface area contributed by atoms with Crippen molar-refractivity contribution in [2.75, 3.05) is 11.3 Å². The Bertz CT molecular complexity index is 561. The molecule has 2 N–H and O–H groups in total. The van der Waals surface area contributed by atoms with Crippen LogP contribution in [0.15, 0.2) is 18.2 Å². The van der Waals surface area contributed by atoms with Gasteiger partial charge in [-0.15, -0.1) is 0 Å². The SMILES string of the molecule is CC(CNC1CC1)S(=O)(=O)Nc1cccc(Cl)c1F. The first-order chi connectivity index (χ1) is 8.90. The van der Waals surface area contributed by atoms with E-state index in [1.165, 1.54) is 18.2 Å². The van der Waals surface area contributed by atoms with Crippen LogP contribution < -0.4 is 10.0 Å². The Kier molecular flexibility index (Phi) is 4.32. The summed E-state index contributed by atoms with van der Waals surface area (Å²) in [5.41, 5.74) is -0.120. The summed E-state index contributed by atoms with van der Waals surface area (Å²) >= 11 is 5.61. The fraction of sp³-hybridized carbons (Fsp3) is 0.500. The van der Waals surface area contributed by atoms with E-state index in [1.807, 2.05) is 0 Å². The second-order valence-corrected chi connectivity index (χ2v) is 7.25. The molecule has 1 aromatic rings. The van der Waals surface area contributed by atoms with Crippen LogP contribution in [0.5, 0.6) is 0 Å². The number of sulfonamides is 1. The Morgan fingerprint density at radius 1 is 1.47 bits per heavy atom. The lowest BCUT2D eigenvalue weighted by Gasteiger charge is -2.16. The third-order valence-corrected chi connectivity index (χ3v) is 5.03. The van der Waals surface area contributed by atoms with Crippen LogP contribution in [0.3, 0.4) is 0 Å². The average Bonchev–Trinajstić information content (AvgIpc) is 3.15. The number of rotatable bonds is 6. The molecule has 1 unspecified atom stereocenters. The van der Waals surface area contributed by atoms with E-state index in [0.717, 1.165) is 12.8 Å². The fourth-order valence-corrected chi connectivity index (χ4v) is 2.72. The van der Waals surface area contributed by atoms with Crippen molar-refractivity contribution < 1.29 is 12.8 Å². The van der Waals surface area contributed by atoms with Gasteiger partial charge in [-0.3, -0.25) is 4.72 Å². The summed E-state index contributed by atoms with van der Waals surface area (Å²) in [6.07, 6.45) is 2.17. The molecule has 0 heterocycles. The van der Waals surface area contributed by atoms with Gasteiger partial charge in [0.25, 0.3) is 0 Å². The number of nitrogens with one attached hydrogen (secondary N) is 2. The molecule has 4 nitrogen and oxygen atoms in total. The lowest BCUT2D eigenvalue weighted by molar-refractivity contribution is 0.574. The third kappa shape index (κ3) is 3.81. The predicted octanol–water partition coefficient (Wildman–Crippen LogP) is 2.36. The quantitative estimate of drug-likeness (QED) is 0.848. The van der Waals surface area contributed by atoms with Crippen LogP contribution >= 0.6 is 11.6 Å². The number of halogens is 2. The van der Waals surface area contributed by atoms with Gasteiger partial charge in [0.15, 0.2) is 5.82 Å². The molecule has 0 amide bonds. The molecule has 2 rings (SSSR count). The van der Waals surface area contributed by atoms with Crippen LogP contribution in [0, 0.1) is 5.82 Å². The molecule has 0 saturated heterocycles. The highest BCUT2D eigenvalue weighted by Gasteiger charge is 2.26. The van der Waals surface area contributed by atoms with Crippen LogP contribution in [0.4, 0.5) is 10.1 Å². The fourth-order valence-electron chi connectivity index (χ4n) is 1.57. The molecule has 7 heteroatoms. The third-order valence-electron chi connectivity index (χ3n) is 3.00. The molecule has 1 aromatic carbocycles. The van der Waals surface area contributed by atoms with E-state index in [-0.39, 0.29) is 10.7 Å². The molecule has 1 saturated carbocycles. The van der Waals surface area contributed by atoms with Gasteiger partial charge >= 0.3 is 0 Å².